The van der Waals surface area contributed by atoms with E-state index in [9.17, 15) is 17.2 Å². The number of halogens is 2. The van der Waals surface area contributed by atoms with Crippen molar-refractivity contribution in [3.05, 3.63) is 35.4 Å². The van der Waals surface area contributed by atoms with Crippen LogP contribution in [0.5, 0.6) is 0 Å². The van der Waals surface area contributed by atoms with Crippen LogP contribution >= 0.6 is 0 Å². The summed E-state index contributed by atoms with van der Waals surface area (Å²) in [4.78, 5) is 0. The maximum atomic E-state index is 13.2. The van der Waals surface area contributed by atoms with E-state index in [-0.39, 0.29) is 18.7 Å². The van der Waals surface area contributed by atoms with E-state index in [2.05, 4.69) is 4.72 Å². The quantitative estimate of drug-likeness (QED) is 0.823. The van der Waals surface area contributed by atoms with Gasteiger partial charge in [-0.25, -0.2) is 21.9 Å². The van der Waals surface area contributed by atoms with Crippen molar-refractivity contribution in [3.63, 3.8) is 0 Å². The van der Waals surface area contributed by atoms with Crippen molar-refractivity contribution >= 4 is 10.0 Å². The lowest BCUT2D eigenvalue weighted by Crippen LogP contribution is -2.36. The molecule has 0 bridgehead atoms. The summed E-state index contributed by atoms with van der Waals surface area (Å²) in [6, 6.07) is 2.97. The lowest BCUT2D eigenvalue weighted by Gasteiger charge is -2.12. The van der Waals surface area contributed by atoms with Gasteiger partial charge in [0.2, 0.25) is 10.0 Å². The molecule has 1 aromatic carbocycles. The van der Waals surface area contributed by atoms with Gasteiger partial charge in [0.05, 0.1) is 5.25 Å². The normalized spacial score (nSPS) is 13.6. The monoisotopic (exact) mass is 264 g/mol. The Morgan fingerprint density at radius 2 is 2.06 bits per heavy atom. The molecule has 4 nitrogen and oxygen atoms in total. The fourth-order valence-electron chi connectivity index (χ4n) is 1.11. The minimum absolute atomic E-state index is 0.0266. The molecule has 3 N–H and O–H groups in total. The number of nitrogens with two attached hydrogens (primary N) is 1. The zero-order valence-electron chi connectivity index (χ0n) is 9.28. The van der Waals surface area contributed by atoms with Crippen LogP contribution in [-0.2, 0) is 16.6 Å². The molecule has 0 fully saturated rings. The molecule has 96 valence electrons. The van der Waals surface area contributed by atoms with Crippen molar-refractivity contribution in [2.75, 3.05) is 6.54 Å². The third kappa shape index (κ3) is 3.72. The zero-order chi connectivity index (χ0) is 13.1. The van der Waals surface area contributed by atoms with Gasteiger partial charge in [-0.2, -0.15) is 0 Å². The van der Waals surface area contributed by atoms with Gasteiger partial charge in [0.1, 0.15) is 11.6 Å². The summed E-state index contributed by atoms with van der Waals surface area (Å²) < 4.78 is 51.1. The Kier molecular flexibility index (Phi) is 4.55. The molecule has 0 spiro atoms. The van der Waals surface area contributed by atoms with Crippen LogP contribution in [0.3, 0.4) is 0 Å². The first-order chi connectivity index (χ1) is 7.86. The van der Waals surface area contributed by atoms with Crippen LogP contribution in [0.2, 0.25) is 0 Å². The fraction of sp³-hybridized carbons (Fsp3) is 0.400. The molecule has 0 aliphatic rings. The van der Waals surface area contributed by atoms with E-state index in [4.69, 9.17) is 5.73 Å². The molecule has 17 heavy (non-hydrogen) atoms. The number of benzene rings is 1. The standard InChI is InChI=1S/C10H14F2N2O2S/c1-7(5-13)17(15,16)14-6-8-2-3-9(11)4-10(8)12/h2-4,7,14H,5-6,13H2,1H3. The van der Waals surface area contributed by atoms with Crippen LogP contribution in [0.4, 0.5) is 8.78 Å². The molecular formula is C10H14F2N2O2S. The maximum Gasteiger partial charge on any atom is 0.215 e. The Labute approximate surface area is 98.9 Å². The Morgan fingerprint density at radius 1 is 1.41 bits per heavy atom. The Balaban J connectivity index is 2.74. The molecule has 1 rings (SSSR count). The van der Waals surface area contributed by atoms with E-state index in [0.29, 0.717) is 6.07 Å². The van der Waals surface area contributed by atoms with Crippen LogP contribution in [0.1, 0.15) is 12.5 Å². The Bertz CT molecular complexity index is 491. The van der Waals surface area contributed by atoms with Gasteiger partial charge in [0.25, 0.3) is 0 Å². The van der Waals surface area contributed by atoms with Crippen LogP contribution < -0.4 is 10.5 Å². The predicted molar refractivity (Wildman–Crippen MR) is 60.6 cm³/mol. The first-order valence-electron chi connectivity index (χ1n) is 4.99. The van der Waals surface area contributed by atoms with Crippen LogP contribution in [-0.4, -0.2) is 20.2 Å². The number of nitrogens with one attached hydrogen (secondary N) is 1. The number of hydrogen-bond donors (Lipinski definition) is 2. The van der Waals surface area contributed by atoms with Gasteiger partial charge in [0.15, 0.2) is 0 Å². The topological polar surface area (TPSA) is 72.2 Å². The van der Waals surface area contributed by atoms with E-state index in [1.165, 1.54) is 13.0 Å². The molecule has 1 aromatic rings. The first-order valence-corrected chi connectivity index (χ1v) is 6.54. The lowest BCUT2D eigenvalue weighted by molar-refractivity contribution is 0.557. The largest absolute Gasteiger partial charge is 0.329 e. The second-order valence-corrected chi connectivity index (χ2v) is 5.83. The van der Waals surface area contributed by atoms with Gasteiger partial charge in [0, 0.05) is 24.7 Å². The van der Waals surface area contributed by atoms with Gasteiger partial charge in [-0.15, -0.1) is 0 Å². The van der Waals surface area contributed by atoms with Gasteiger partial charge in [-0.3, -0.25) is 0 Å². The summed E-state index contributed by atoms with van der Waals surface area (Å²) >= 11 is 0. The van der Waals surface area contributed by atoms with Crippen molar-refractivity contribution in [2.24, 2.45) is 5.73 Å². The molecule has 0 aromatic heterocycles. The molecule has 1 atom stereocenters. The highest BCUT2D eigenvalue weighted by Gasteiger charge is 2.19. The van der Waals surface area contributed by atoms with E-state index in [1.54, 1.807) is 0 Å². The predicted octanol–water partition coefficient (Wildman–Crippen LogP) is 0.731. The maximum absolute atomic E-state index is 13.2. The highest BCUT2D eigenvalue weighted by Crippen LogP contribution is 2.10. The summed E-state index contributed by atoms with van der Waals surface area (Å²) in [6.45, 7) is 1.20. The molecule has 0 saturated heterocycles. The summed E-state index contributed by atoms with van der Waals surface area (Å²) in [5, 5.41) is -0.758. The van der Waals surface area contributed by atoms with Crippen LogP contribution in [0.25, 0.3) is 0 Å². The molecule has 0 heterocycles. The molecule has 0 saturated carbocycles. The number of hydrogen-bond acceptors (Lipinski definition) is 3. The minimum Gasteiger partial charge on any atom is -0.329 e. The van der Waals surface area contributed by atoms with Gasteiger partial charge in [-0.05, 0) is 13.0 Å². The number of rotatable bonds is 5. The fourth-order valence-corrected chi connectivity index (χ4v) is 2.01. The number of sulfonamides is 1. The van der Waals surface area contributed by atoms with Gasteiger partial charge >= 0.3 is 0 Å². The van der Waals surface area contributed by atoms with Crippen molar-refractivity contribution in [1.29, 1.82) is 0 Å². The highest BCUT2D eigenvalue weighted by molar-refractivity contribution is 7.90. The Hall–Kier alpha value is -1.05. The van der Waals surface area contributed by atoms with Crippen molar-refractivity contribution in [2.45, 2.75) is 18.7 Å². The third-order valence-electron chi connectivity index (χ3n) is 2.34. The smallest absolute Gasteiger partial charge is 0.215 e. The SMILES string of the molecule is CC(CN)S(=O)(=O)NCc1ccc(F)cc1F. The average Bonchev–Trinajstić information content (AvgIpc) is 2.26. The van der Waals surface area contributed by atoms with Crippen molar-refractivity contribution in [3.8, 4) is 0 Å². The van der Waals surface area contributed by atoms with E-state index in [1.807, 2.05) is 0 Å². The molecule has 0 radical (unpaired) electrons. The molecule has 0 aliphatic carbocycles. The van der Waals surface area contributed by atoms with Gasteiger partial charge < -0.3 is 5.73 Å². The van der Waals surface area contributed by atoms with E-state index >= 15 is 0 Å². The molecule has 7 heteroatoms. The second-order valence-electron chi connectivity index (χ2n) is 3.65. The van der Waals surface area contributed by atoms with Crippen LogP contribution in [0, 0.1) is 11.6 Å². The molecule has 0 aliphatic heterocycles. The Morgan fingerprint density at radius 3 is 2.59 bits per heavy atom. The molecule has 1 unspecified atom stereocenters. The summed E-state index contributed by atoms with van der Waals surface area (Å²) in [5.74, 6) is -1.49. The average molecular weight is 264 g/mol. The first kappa shape index (κ1) is 14.0. The van der Waals surface area contributed by atoms with E-state index < -0.39 is 26.9 Å². The minimum atomic E-state index is -3.57. The summed E-state index contributed by atoms with van der Waals surface area (Å²) in [6.07, 6.45) is 0. The second kappa shape index (κ2) is 5.52. The zero-order valence-corrected chi connectivity index (χ0v) is 10.1. The summed E-state index contributed by atoms with van der Waals surface area (Å²) in [5.41, 5.74) is 5.32. The van der Waals surface area contributed by atoms with Crippen molar-refractivity contribution < 1.29 is 17.2 Å². The van der Waals surface area contributed by atoms with Crippen LogP contribution in [0.15, 0.2) is 18.2 Å². The lowest BCUT2D eigenvalue weighted by atomic mass is 10.2. The summed E-state index contributed by atoms with van der Waals surface area (Å²) in [7, 11) is -3.57. The van der Waals surface area contributed by atoms with E-state index in [0.717, 1.165) is 6.07 Å². The third-order valence-corrected chi connectivity index (χ3v) is 4.14. The molecular weight excluding hydrogens is 250 g/mol. The van der Waals surface area contributed by atoms with Crippen molar-refractivity contribution in [1.82, 2.24) is 4.72 Å². The molecule has 0 amide bonds. The highest BCUT2D eigenvalue weighted by atomic mass is 32.2. The van der Waals surface area contributed by atoms with Gasteiger partial charge in [-0.1, -0.05) is 6.07 Å².